The highest BCUT2D eigenvalue weighted by Crippen LogP contribution is 2.27. The number of nitrogens with one attached hydrogen (secondary N) is 1. The molecule has 2 atom stereocenters. The monoisotopic (exact) mass is 674 g/mol. The number of hydrogen-bond donors (Lipinski definition) is 5. The maximum Gasteiger partial charge on any atom is 0.294 e. The van der Waals surface area contributed by atoms with Crippen LogP contribution in [0.4, 0.5) is 0 Å². The molecule has 0 unspecified atom stereocenters. The average molecular weight is 675 g/mol. The minimum absolute atomic E-state index is 0.0666. The average Bonchev–Trinajstić information content (AvgIpc) is 3.01. The number of aliphatic hydroxyl groups excluding tert-OH is 1. The van der Waals surface area contributed by atoms with Crippen molar-refractivity contribution >= 4 is 20.2 Å². The summed E-state index contributed by atoms with van der Waals surface area (Å²) in [5, 5.41) is 13.4. The van der Waals surface area contributed by atoms with E-state index < -0.39 is 26.3 Å². The Balaban J connectivity index is 0.000000277. The van der Waals surface area contributed by atoms with Crippen LogP contribution in [0.15, 0.2) is 107 Å². The normalized spacial score (nSPS) is 12.4. The number of rotatable bonds is 11. The van der Waals surface area contributed by atoms with Crippen molar-refractivity contribution in [3.05, 3.63) is 119 Å². The topological polar surface area (TPSA) is 185 Å². The Morgan fingerprint density at radius 1 is 0.696 bits per heavy atom. The van der Waals surface area contributed by atoms with Crippen LogP contribution in [0, 0.1) is 13.8 Å². The quantitative estimate of drug-likeness (QED) is 0.144. The SMILES string of the molecule is COc1ccc(CNC[C@@H](O)[C@@H](N)Cc2ccccc2)cc1OC.Cc1ccc(S(=O)(=O)O)cc1.Cc1ccc(S(=O)(=O)O)cc1. The first-order chi connectivity index (χ1) is 21.6. The molecular weight excluding hydrogens is 633 g/mol. The molecule has 0 aliphatic rings. The van der Waals surface area contributed by atoms with Gasteiger partial charge in [-0.1, -0.05) is 71.8 Å². The number of nitrogens with two attached hydrogens (primary N) is 1. The zero-order valence-corrected chi connectivity index (χ0v) is 27.8. The Bertz CT molecular complexity index is 1630. The van der Waals surface area contributed by atoms with E-state index in [0.717, 1.165) is 22.3 Å². The lowest BCUT2D eigenvalue weighted by molar-refractivity contribution is 0.141. The number of aliphatic hydroxyl groups is 1. The zero-order chi connectivity index (χ0) is 34.3. The third-order valence-electron chi connectivity index (χ3n) is 6.58. The van der Waals surface area contributed by atoms with E-state index in [1.54, 1.807) is 38.5 Å². The van der Waals surface area contributed by atoms with Crippen molar-refractivity contribution < 1.29 is 40.5 Å². The highest BCUT2D eigenvalue weighted by molar-refractivity contribution is 7.86. The Morgan fingerprint density at radius 2 is 1.17 bits per heavy atom. The first kappa shape index (κ1) is 38.4. The second-order valence-corrected chi connectivity index (χ2v) is 13.2. The molecule has 0 heterocycles. The van der Waals surface area contributed by atoms with Crippen LogP contribution in [-0.2, 0) is 33.2 Å². The molecule has 0 amide bonds. The fourth-order valence-corrected chi connectivity index (χ4v) is 4.91. The van der Waals surface area contributed by atoms with Crippen LogP contribution in [-0.4, -0.2) is 64.0 Å². The fraction of sp³-hybridized carbons (Fsp3) is 0.273. The summed E-state index contributed by atoms with van der Waals surface area (Å²) >= 11 is 0. The lowest BCUT2D eigenvalue weighted by atomic mass is 10.0. The second-order valence-electron chi connectivity index (χ2n) is 10.3. The minimum atomic E-state index is -4.02. The largest absolute Gasteiger partial charge is 0.493 e. The van der Waals surface area contributed by atoms with Gasteiger partial charge in [0.2, 0.25) is 0 Å². The third kappa shape index (κ3) is 13.7. The molecule has 0 aliphatic heterocycles. The van der Waals surface area contributed by atoms with Gasteiger partial charge in [-0.2, -0.15) is 16.8 Å². The molecule has 11 nitrogen and oxygen atoms in total. The molecule has 4 aromatic carbocycles. The first-order valence-corrected chi connectivity index (χ1v) is 17.0. The molecular formula is C33H42N2O9S2. The molecule has 0 saturated heterocycles. The summed E-state index contributed by atoms with van der Waals surface area (Å²) in [6.45, 7) is 4.74. The molecule has 0 bridgehead atoms. The molecule has 0 saturated carbocycles. The number of aryl methyl sites for hydroxylation is 2. The number of hydrogen-bond acceptors (Lipinski definition) is 9. The van der Waals surface area contributed by atoms with Crippen molar-refractivity contribution in [3.8, 4) is 11.5 Å². The van der Waals surface area contributed by atoms with E-state index in [0.29, 0.717) is 31.0 Å². The molecule has 46 heavy (non-hydrogen) atoms. The Labute approximate surface area is 271 Å². The van der Waals surface area contributed by atoms with E-state index in [-0.39, 0.29) is 15.8 Å². The maximum absolute atomic E-state index is 10.5. The van der Waals surface area contributed by atoms with Crippen LogP contribution in [0.2, 0.25) is 0 Å². The van der Waals surface area contributed by atoms with Gasteiger partial charge in [-0.05, 0) is 67.8 Å². The van der Waals surface area contributed by atoms with Crippen molar-refractivity contribution in [3.63, 3.8) is 0 Å². The minimum Gasteiger partial charge on any atom is -0.493 e. The Morgan fingerprint density at radius 3 is 1.61 bits per heavy atom. The van der Waals surface area contributed by atoms with Gasteiger partial charge in [0.1, 0.15) is 0 Å². The third-order valence-corrected chi connectivity index (χ3v) is 8.31. The zero-order valence-electron chi connectivity index (χ0n) is 26.2. The Kier molecular flexibility index (Phi) is 15.3. The van der Waals surface area contributed by atoms with Crippen LogP contribution < -0.4 is 20.5 Å². The summed E-state index contributed by atoms with van der Waals surface area (Å²) in [5.74, 6) is 1.39. The van der Waals surface area contributed by atoms with Crippen molar-refractivity contribution in [2.75, 3.05) is 20.8 Å². The standard InChI is InChI=1S/C19H26N2O3.2C7H8O3S/c1-23-18-9-8-15(11-19(18)24-2)12-21-13-17(22)16(20)10-14-6-4-3-5-7-14;2*1-6-2-4-7(5-3-6)11(8,9)10/h3-9,11,16-17,21-22H,10,12-13,20H2,1-2H3;2*2-5H,1H3,(H,8,9,10)/t16-,17+;;/m0../s1. The summed E-state index contributed by atoms with van der Waals surface area (Å²) in [6, 6.07) is 27.4. The molecule has 0 aromatic heterocycles. The summed E-state index contributed by atoms with van der Waals surface area (Å²) in [4.78, 5) is -0.133. The van der Waals surface area contributed by atoms with Crippen LogP contribution in [0.1, 0.15) is 22.3 Å². The molecule has 6 N–H and O–H groups in total. The van der Waals surface area contributed by atoms with Crippen LogP contribution in [0.3, 0.4) is 0 Å². The highest BCUT2D eigenvalue weighted by atomic mass is 32.2. The molecule has 0 fully saturated rings. The van der Waals surface area contributed by atoms with Crippen LogP contribution in [0.5, 0.6) is 11.5 Å². The summed E-state index contributed by atoms with van der Waals surface area (Å²) < 4.78 is 69.6. The van der Waals surface area contributed by atoms with Gasteiger partial charge in [0, 0.05) is 19.1 Å². The molecule has 13 heteroatoms. The number of ether oxygens (including phenoxy) is 2. The van der Waals surface area contributed by atoms with Gasteiger partial charge in [0.15, 0.2) is 11.5 Å². The molecule has 250 valence electrons. The van der Waals surface area contributed by atoms with Crippen molar-refractivity contribution in [2.24, 2.45) is 5.73 Å². The summed E-state index contributed by atoms with van der Waals surface area (Å²) in [6.07, 6.45) is 0.0467. The predicted molar refractivity (Wildman–Crippen MR) is 177 cm³/mol. The van der Waals surface area contributed by atoms with Crippen LogP contribution in [0.25, 0.3) is 0 Å². The second kappa shape index (κ2) is 18.4. The van der Waals surface area contributed by atoms with E-state index in [2.05, 4.69) is 5.32 Å². The van der Waals surface area contributed by atoms with Gasteiger partial charge >= 0.3 is 0 Å². The van der Waals surface area contributed by atoms with E-state index in [4.69, 9.17) is 24.3 Å². The van der Waals surface area contributed by atoms with E-state index in [1.807, 2.05) is 62.4 Å². The summed E-state index contributed by atoms with van der Waals surface area (Å²) in [5.41, 5.74) is 10.2. The highest BCUT2D eigenvalue weighted by Gasteiger charge is 2.15. The van der Waals surface area contributed by atoms with Gasteiger partial charge in [0.25, 0.3) is 20.2 Å². The molecule has 4 aromatic rings. The van der Waals surface area contributed by atoms with Gasteiger partial charge in [-0.25, -0.2) is 0 Å². The van der Waals surface area contributed by atoms with Gasteiger partial charge in [-0.15, -0.1) is 0 Å². The van der Waals surface area contributed by atoms with Gasteiger partial charge < -0.3 is 25.6 Å². The van der Waals surface area contributed by atoms with E-state index in [1.165, 1.54) is 24.3 Å². The number of methoxy groups -OCH3 is 2. The maximum atomic E-state index is 10.5. The smallest absolute Gasteiger partial charge is 0.294 e. The predicted octanol–water partition coefficient (Wildman–Crippen LogP) is 4.21. The lowest BCUT2D eigenvalue weighted by Gasteiger charge is -2.19. The summed E-state index contributed by atoms with van der Waals surface area (Å²) in [7, 11) is -4.82. The van der Waals surface area contributed by atoms with E-state index in [9.17, 15) is 21.9 Å². The van der Waals surface area contributed by atoms with Gasteiger partial charge in [0.05, 0.1) is 30.1 Å². The molecule has 0 spiro atoms. The lowest BCUT2D eigenvalue weighted by Crippen LogP contribution is -2.42. The Hall–Kier alpha value is -3.82. The van der Waals surface area contributed by atoms with E-state index >= 15 is 0 Å². The number of benzene rings is 4. The van der Waals surface area contributed by atoms with Crippen molar-refractivity contribution in [2.45, 2.75) is 48.7 Å². The molecule has 0 aliphatic carbocycles. The molecule has 0 radical (unpaired) electrons. The first-order valence-electron chi connectivity index (χ1n) is 14.1. The fourth-order valence-electron chi connectivity index (χ4n) is 3.95. The molecule has 4 rings (SSSR count). The van der Waals surface area contributed by atoms with Crippen LogP contribution >= 0.6 is 0 Å². The van der Waals surface area contributed by atoms with Crippen molar-refractivity contribution in [1.82, 2.24) is 5.32 Å². The van der Waals surface area contributed by atoms with Gasteiger partial charge in [-0.3, -0.25) is 9.11 Å². The van der Waals surface area contributed by atoms with Crippen molar-refractivity contribution in [1.29, 1.82) is 0 Å².